The number of nitrogens with zero attached hydrogens (tertiary/aromatic N) is 1. The lowest BCUT2D eigenvalue weighted by Crippen LogP contribution is -2.12. The molecule has 0 radical (unpaired) electrons. The highest BCUT2D eigenvalue weighted by atomic mass is 32.1. The molecule has 0 aliphatic rings. The predicted molar refractivity (Wildman–Crippen MR) is 200 cm³/mol. The van der Waals surface area contributed by atoms with E-state index in [1.165, 1.54) is 64.0 Å². The Labute approximate surface area is 272 Å². The van der Waals surface area contributed by atoms with Gasteiger partial charge in [-0.05, 0) is 69.2 Å². The molecule has 1 aromatic heterocycles. The maximum atomic E-state index is 2.44. The summed E-state index contributed by atoms with van der Waals surface area (Å²) in [4.78, 5) is 2.44. The smallest absolute Gasteiger partial charge is 0.0540 e. The number of thiophene rings is 1. The molecule has 0 aliphatic heterocycles. The van der Waals surface area contributed by atoms with E-state index in [1.54, 1.807) is 0 Å². The fraction of sp³-hybridized carbons (Fsp3) is 0. The van der Waals surface area contributed by atoms with Crippen LogP contribution in [0.3, 0.4) is 0 Å². The Balaban J connectivity index is 1.34. The van der Waals surface area contributed by atoms with E-state index in [4.69, 9.17) is 0 Å². The summed E-state index contributed by atoms with van der Waals surface area (Å²) in [5, 5.41) is 7.68. The van der Waals surface area contributed by atoms with Crippen LogP contribution >= 0.6 is 11.3 Å². The van der Waals surface area contributed by atoms with Gasteiger partial charge in [-0.15, -0.1) is 11.3 Å². The number of rotatable bonds is 5. The van der Waals surface area contributed by atoms with Crippen molar-refractivity contribution in [1.82, 2.24) is 0 Å². The first-order valence-corrected chi connectivity index (χ1v) is 16.5. The van der Waals surface area contributed by atoms with Gasteiger partial charge in [-0.2, -0.15) is 0 Å². The maximum absolute atomic E-state index is 2.44. The van der Waals surface area contributed by atoms with E-state index in [1.807, 2.05) is 11.3 Å². The Morgan fingerprint density at radius 2 is 1.02 bits per heavy atom. The second kappa shape index (κ2) is 11.0. The van der Waals surface area contributed by atoms with Crippen LogP contribution in [0.1, 0.15) is 0 Å². The van der Waals surface area contributed by atoms with Gasteiger partial charge in [-0.3, -0.25) is 0 Å². The third-order valence-electron chi connectivity index (χ3n) is 9.06. The molecule has 0 aliphatic carbocycles. The zero-order valence-corrected chi connectivity index (χ0v) is 25.9. The average molecular weight is 604 g/mol. The van der Waals surface area contributed by atoms with Crippen LogP contribution in [0.2, 0.25) is 0 Å². The van der Waals surface area contributed by atoms with Gasteiger partial charge in [0.2, 0.25) is 0 Å². The quantitative estimate of drug-likeness (QED) is 0.189. The zero-order valence-electron chi connectivity index (χ0n) is 25.1. The minimum Gasteiger partial charge on any atom is -0.309 e. The van der Waals surface area contributed by atoms with E-state index in [2.05, 4.69) is 181 Å². The molecule has 0 amide bonds. The van der Waals surface area contributed by atoms with Crippen molar-refractivity contribution < 1.29 is 0 Å². The SMILES string of the molecule is c1ccc(-c2ccc(N(c3ccccc3)c3ccccc3-c3cccc4ccc5sc6ccccc6c5c34)c3ccccc23)cc1. The summed E-state index contributed by atoms with van der Waals surface area (Å²) in [7, 11) is 0. The lowest BCUT2D eigenvalue weighted by molar-refractivity contribution is 1.30. The molecule has 216 valence electrons. The summed E-state index contributed by atoms with van der Waals surface area (Å²) in [5.41, 5.74) is 8.33. The first-order valence-electron chi connectivity index (χ1n) is 15.7. The second-order valence-corrected chi connectivity index (χ2v) is 12.8. The van der Waals surface area contributed by atoms with E-state index in [0.717, 1.165) is 17.1 Å². The normalized spacial score (nSPS) is 11.5. The minimum atomic E-state index is 1.12. The molecular formula is C44H29NS. The van der Waals surface area contributed by atoms with Crippen molar-refractivity contribution >= 4 is 70.1 Å². The Morgan fingerprint density at radius 3 is 1.87 bits per heavy atom. The van der Waals surface area contributed by atoms with Gasteiger partial charge >= 0.3 is 0 Å². The Hall–Kier alpha value is -5.70. The fourth-order valence-corrected chi connectivity index (χ4v) is 8.16. The molecule has 9 aromatic rings. The van der Waals surface area contributed by atoms with E-state index in [9.17, 15) is 0 Å². The molecule has 1 nitrogen and oxygen atoms in total. The molecule has 0 saturated heterocycles. The summed E-state index contributed by atoms with van der Waals surface area (Å²) in [5.74, 6) is 0. The number of fused-ring (bicyclic) bond motifs is 6. The number of anilines is 3. The van der Waals surface area contributed by atoms with E-state index >= 15 is 0 Å². The van der Waals surface area contributed by atoms with E-state index in [-0.39, 0.29) is 0 Å². The van der Waals surface area contributed by atoms with Crippen LogP contribution in [0.5, 0.6) is 0 Å². The molecule has 1 heterocycles. The van der Waals surface area contributed by atoms with Gasteiger partial charge < -0.3 is 4.90 Å². The highest BCUT2D eigenvalue weighted by Crippen LogP contribution is 2.48. The van der Waals surface area contributed by atoms with Crippen LogP contribution in [0.15, 0.2) is 176 Å². The topological polar surface area (TPSA) is 3.24 Å². The third kappa shape index (κ3) is 4.30. The van der Waals surface area contributed by atoms with Crippen molar-refractivity contribution in [1.29, 1.82) is 0 Å². The van der Waals surface area contributed by atoms with Gasteiger partial charge in [0.25, 0.3) is 0 Å². The molecule has 0 spiro atoms. The van der Waals surface area contributed by atoms with Gasteiger partial charge in [0.15, 0.2) is 0 Å². The molecule has 46 heavy (non-hydrogen) atoms. The lowest BCUT2D eigenvalue weighted by atomic mass is 9.92. The molecule has 0 saturated carbocycles. The number of hydrogen-bond acceptors (Lipinski definition) is 2. The predicted octanol–water partition coefficient (Wildman–Crippen LogP) is 13.2. The standard InChI is InChI=1S/C44H29NS/c1-3-14-30(15-4-1)33-27-28-40(35-20-8-7-19-34(33)35)45(32-17-5-2-6-18-32)39-24-11-9-21-36(39)37-23-13-16-31-26-29-42-44(43(31)37)38-22-10-12-25-41(38)46-42/h1-29H. The van der Waals surface area contributed by atoms with Crippen LogP contribution in [0, 0.1) is 0 Å². The molecule has 8 aromatic carbocycles. The number of hydrogen-bond donors (Lipinski definition) is 0. The number of para-hydroxylation sites is 2. The molecular weight excluding hydrogens is 575 g/mol. The molecule has 2 heteroatoms. The monoisotopic (exact) mass is 603 g/mol. The summed E-state index contributed by atoms with van der Waals surface area (Å²) in [6, 6.07) is 63.9. The van der Waals surface area contributed by atoms with Gasteiger partial charge in [-0.25, -0.2) is 0 Å². The van der Waals surface area contributed by atoms with Gasteiger partial charge in [0, 0.05) is 36.8 Å². The van der Waals surface area contributed by atoms with Crippen molar-refractivity contribution in [2.75, 3.05) is 4.90 Å². The van der Waals surface area contributed by atoms with Crippen molar-refractivity contribution in [3.8, 4) is 22.3 Å². The molecule has 0 unspecified atom stereocenters. The van der Waals surface area contributed by atoms with Gasteiger partial charge in [0.05, 0.1) is 11.4 Å². The van der Waals surface area contributed by atoms with Crippen molar-refractivity contribution in [3.63, 3.8) is 0 Å². The summed E-state index contributed by atoms with van der Waals surface area (Å²) in [6.07, 6.45) is 0. The van der Waals surface area contributed by atoms with Crippen LogP contribution in [-0.2, 0) is 0 Å². The van der Waals surface area contributed by atoms with Gasteiger partial charge in [0.1, 0.15) is 0 Å². The van der Waals surface area contributed by atoms with Crippen LogP contribution in [-0.4, -0.2) is 0 Å². The molecule has 9 rings (SSSR count). The first-order chi connectivity index (χ1) is 22.8. The van der Waals surface area contributed by atoms with Crippen LogP contribution in [0.25, 0.3) is 64.0 Å². The summed E-state index contributed by atoms with van der Waals surface area (Å²) < 4.78 is 2.64. The number of benzene rings is 8. The average Bonchev–Trinajstić information content (AvgIpc) is 3.52. The summed E-state index contributed by atoms with van der Waals surface area (Å²) in [6.45, 7) is 0. The van der Waals surface area contributed by atoms with Gasteiger partial charge in [-0.1, -0.05) is 140 Å². The zero-order chi connectivity index (χ0) is 30.5. The molecule has 0 fully saturated rings. The first kappa shape index (κ1) is 26.7. The van der Waals surface area contributed by atoms with Crippen molar-refractivity contribution in [3.05, 3.63) is 176 Å². The highest BCUT2D eigenvalue weighted by Gasteiger charge is 2.22. The lowest BCUT2D eigenvalue weighted by Gasteiger charge is -2.29. The van der Waals surface area contributed by atoms with E-state index < -0.39 is 0 Å². The Bertz CT molecular complexity index is 2530. The Kier molecular flexibility index (Phi) is 6.40. The molecule has 0 atom stereocenters. The third-order valence-corrected chi connectivity index (χ3v) is 10.2. The maximum Gasteiger partial charge on any atom is 0.0540 e. The van der Waals surface area contributed by atoms with Crippen molar-refractivity contribution in [2.45, 2.75) is 0 Å². The fourth-order valence-electron chi connectivity index (χ4n) is 7.05. The second-order valence-electron chi connectivity index (χ2n) is 11.7. The van der Waals surface area contributed by atoms with Crippen LogP contribution < -0.4 is 4.90 Å². The molecule has 0 N–H and O–H groups in total. The van der Waals surface area contributed by atoms with E-state index in [0.29, 0.717) is 0 Å². The summed E-state index contributed by atoms with van der Waals surface area (Å²) >= 11 is 1.88. The molecule has 0 bridgehead atoms. The van der Waals surface area contributed by atoms with Crippen LogP contribution in [0.4, 0.5) is 17.1 Å². The minimum absolute atomic E-state index is 1.12. The van der Waals surface area contributed by atoms with Crippen molar-refractivity contribution in [2.24, 2.45) is 0 Å². The Morgan fingerprint density at radius 1 is 0.348 bits per heavy atom. The highest BCUT2D eigenvalue weighted by molar-refractivity contribution is 7.26. The largest absolute Gasteiger partial charge is 0.309 e.